The summed E-state index contributed by atoms with van der Waals surface area (Å²) in [5, 5.41) is 29.3. The van der Waals surface area contributed by atoms with E-state index in [1.807, 2.05) is 48.5 Å². The first-order valence-corrected chi connectivity index (χ1v) is 21.1. The standard InChI is InChI=1S/C47H44FN5O11/c1-3-47(61)32-16-37-42-29(18-53(37)44(58)31(32)20-63-45(47)59)41-34(13-12-24-23(2)33(48)17-36(51-42)40(24)41)50-38(54)21-62-22-49-43(57)35(14-15-39(55)56)52-46(60)64-19-30-27-10-6-4-8-25(27)26-9-5-7-11-28(26)30/h4-11,16-17,30,34-35,61H,3,12-15,18-22H2,1-2H3,(H,49,57)(H,50,54)(H,52,60)(H,55,56)/t34-,35-,47-/m0/s1. The number of pyridine rings is 2. The van der Waals surface area contributed by atoms with Crippen LogP contribution in [-0.2, 0) is 58.6 Å². The maximum Gasteiger partial charge on any atom is 0.407 e. The van der Waals surface area contributed by atoms with Gasteiger partial charge >= 0.3 is 18.0 Å². The van der Waals surface area contributed by atoms with Crippen molar-refractivity contribution in [2.75, 3.05) is 19.9 Å². The van der Waals surface area contributed by atoms with Gasteiger partial charge in [-0.05, 0) is 77.6 Å². The van der Waals surface area contributed by atoms with Crippen molar-refractivity contribution in [2.24, 2.45) is 0 Å². The SMILES string of the molecule is CC[C@@]1(O)C(=O)OCc2c1cc1n(c2=O)Cc2c-1nc1cc(F)c(C)c3c1c2[C@@H](NC(=O)COCNC(=O)[C@H](CCC(=O)O)NC(=O)OCC1c2ccccc2-c2ccccc21)CC3. The van der Waals surface area contributed by atoms with E-state index < -0.39 is 78.7 Å². The number of rotatable bonds is 13. The first-order chi connectivity index (χ1) is 30.8. The molecule has 5 N–H and O–H groups in total. The Balaban J connectivity index is 0.871. The Hall–Kier alpha value is -6.98. The number of nitrogens with one attached hydrogen (secondary N) is 3. The fourth-order valence-electron chi connectivity index (χ4n) is 9.64. The van der Waals surface area contributed by atoms with E-state index in [2.05, 4.69) is 16.0 Å². The van der Waals surface area contributed by atoms with Gasteiger partial charge in [0.05, 0.1) is 35.1 Å². The van der Waals surface area contributed by atoms with Crippen molar-refractivity contribution in [3.05, 3.63) is 121 Å². The highest BCUT2D eigenvalue weighted by Gasteiger charge is 2.46. The number of carbonyl (C=O) groups excluding carboxylic acids is 4. The topological polar surface area (TPSA) is 224 Å². The average Bonchev–Trinajstić information content (AvgIpc) is 3.82. The van der Waals surface area contributed by atoms with Crippen LogP contribution in [0.4, 0.5) is 9.18 Å². The molecule has 0 saturated heterocycles. The van der Waals surface area contributed by atoms with Gasteiger partial charge in [0.15, 0.2) is 5.60 Å². The van der Waals surface area contributed by atoms with Crippen LogP contribution in [0.2, 0.25) is 0 Å². The second-order valence-electron chi connectivity index (χ2n) is 16.5. The van der Waals surface area contributed by atoms with Crippen molar-refractivity contribution in [1.29, 1.82) is 0 Å². The summed E-state index contributed by atoms with van der Waals surface area (Å²) in [4.78, 5) is 82.7. The summed E-state index contributed by atoms with van der Waals surface area (Å²) in [5.41, 5.74) is 5.33. The molecule has 16 nitrogen and oxygen atoms in total. The number of aromatic nitrogens is 2. The number of carbonyl (C=O) groups is 5. The molecule has 3 amide bonds. The quantitative estimate of drug-likeness (QED) is 0.0615. The largest absolute Gasteiger partial charge is 0.481 e. The molecular formula is C47H44FN5O11. The fraction of sp³-hybridized carbons (Fsp3) is 0.340. The molecule has 0 fully saturated rings. The van der Waals surface area contributed by atoms with Crippen LogP contribution >= 0.6 is 0 Å². The number of cyclic esters (lactones) is 1. The number of aliphatic carboxylic acids is 1. The second kappa shape index (κ2) is 16.6. The Morgan fingerprint density at radius 2 is 1.75 bits per heavy atom. The Labute approximate surface area is 364 Å². The molecule has 3 atom stereocenters. The van der Waals surface area contributed by atoms with Gasteiger partial charge in [0, 0.05) is 34.9 Å². The lowest BCUT2D eigenvalue weighted by atomic mass is 9.81. The van der Waals surface area contributed by atoms with Gasteiger partial charge in [-0.3, -0.25) is 19.2 Å². The highest BCUT2D eigenvalue weighted by molar-refractivity contribution is 5.94. The van der Waals surface area contributed by atoms with Crippen molar-refractivity contribution in [3.63, 3.8) is 0 Å². The van der Waals surface area contributed by atoms with Crippen LogP contribution in [0, 0.1) is 12.7 Å². The number of amides is 3. The molecule has 0 unspecified atom stereocenters. The predicted octanol–water partition coefficient (Wildman–Crippen LogP) is 4.49. The molecule has 2 aromatic heterocycles. The molecule has 2 aliphatic carbocycles. The maximum atomic E-state index is 15.3. The number of alkyl carbamates (subject to hydrolysis) is 1. The molecule has 9 rings (SSSR count). The summed E-state index contributed by atoms with van der Waals surface area (Å²) in [5.74, 6) is -4.02. The Kier molecular flexibility index (Phi) is 11.0. The van der Waals surface area contributed by atoms with Crippen molar-refractivity contribution in [3.8, 4) is 22.5 Å². The minimum Gasteiger partial charge on any atom is -0.481 e. The number of fused-ring (bicyclic) bond motifs is 8. The minimum absolute atomic E-state index is 0.0174. The average molecular weight is 874 g/mol. The van der Waals surface area contributed by atoms with Crippen molar-refractivity contribution in [2.45, 2.75) is 82.7 Å². The zero-order valence-electron chi connectivity index (χ0n) is 34.9. The zero-order chi connectivity index (χ0) is 45.0. The lowest BCUT2D eigenvalue weighted by Crippen LogP contribution is -2.48. The third kappa shape index (κ3) is 7.23. The van der Waals surface area contributed by atoms with Crippen LogP contribution in [0.15, 0.2) is 65.5 Å². The molecule has 64 heavy (non-hydrogen) atoms. The third-order valence-electron chi connectivity index (χ3n) is 12.9. The van der Waals surface area contributed by atoms with Crippen molar-refractivity contribution in [1.82, 2.24) is 25.5 Å². The molecule has 4 aliphatic rings. The zero-order valence-corrected chi connectivity index (χ0v) is 34.9. The van der Waals surface area contributed by atoms with Crippen LogP contribution in [0.25, 0.3) is 33.4 Å². The molecule has 2 aliphatic heterocycles. The summed E-state index contributed by atoms with van der Waals surface area (Å²) in [6.45, 7) is 2.06. The van der Waals surface area contributed by atoms with Crippen LogP contribution in [0.5, 0.6) is 0 Å². The number of esters is 1. The summed E-state index contributed by atoms with van der Waals surface area (Å²) in [7, 11) is 0. The highest BCUT2D eigenvalue weighted by Crippen LogP contribution is 2.47. The van der Waals surface area contributed by atoms with Gasteiger partial charge in [0.2, 0.25) is 11.8 Å². The summed E-state index contributed by atoms with van der Waals surface area (Å²) >= 11 is 0. The van der Waals surface area contributed by atoms with E-state index in [0.717, 1.165) is 27.8 Å². The van der Waals surface area contributed by atoms with E-state index >= 15 is 4.39 Å². The number of hydrogen-bond acceptors (Lipinski definition) is 11. The molecule has 330 valence electrons. The Morgan fingerprint density at radius 3 is 2.45 bits per heavy atom. The first-order valence-electron chi connectivity index (χ1n) is 21.1. The van der Waals surface area contributed by atoms with Crippen LogP contribution in [0.3, 0.4) is 0 Å². The molecule has 4 heterocycles. The van der Waals surface area contributed by atoms with E-state index in [4.69, 9.17) is 19.2 Å². The summed E-state index contributed by atoms with van der Waals surface area (Å²) in [6, 6.07) is 16.6. The molecule has 17 heteroatoms. The van der Waals surface area contributed by atoms with Gasteiger partial charge in [-0.15, -0.1) is 0 Å². The molecule has 0 saturated carbocycles. The van der Waals surface area contributed by atoms with E-state index in [-0.39, 0.29) is 49.6 Å². The van der Waals surface area contributed by atoms with E-state index in [1.54, 1.807) is 19.9 Å². The molecule has 5 aromatic rings. The number of carboxylic acids is 1. The number of carboxylic acid groups (broad SMARTS) is 1. The van der Waals surface area contributed by atoms with E-state index in [0.29, 0.717) is 51.8 Å². The molecular weight excluding hydrogens is 830 g/mol. The normalized spacial score (nSPS) is 18.2. The van der Waals surface area contributed by atoms with Crippen molar-refractivity contribution >= 4 is 40.7 Å². The Morgan fingerprint density at radius 1 is 1.03 bits per heavy atom. The number of ether oxygens (including phenoxy) is 3. The van der Waals surface area contributed by atoms with Crippen molar-refractivity contribution < 1.29 is 52.8 Å². The number of benzene rings is 3. The number of hydrogen-bond donors (Lipinski definition) is 5. The van der Waals surface area contributed by atoms with Gasteiger partial charge in [-0.1, -0.05) is 55.5 Å². The Bertz CT molecular complexity index is 2830. The molecule has 3 aromatic carbocycles. The van der Waals surface area contributed by atoms with Gasteiger partial charge in [0.25, 0.3) is 5.56 Å². The lowest BCUT2D eigenvalue weighted by molar-refractivity contribution is -0.172. The lowest BCUT2D eigenvalue weighted by Gasteiger charge is -2.31. The van der Waals surface area contributed by atoms with E-state index in [9.17, 15) is 39.0 Å². The van der Waals surface area contributed by atoms with Gasteiger partial charge in [-0.25, -0.2) is 19.0 Å². The van der Waals surface area contributed by atoms with Gasteiger partial charge < -0.3 is 44.9 Å². The van der Waals surface area contributed by atoms with Gasteiger partial charge in [-0.2, -0.15) is 0 Å². The minimum atomic E-state index is -2.04. The van der Waals surface area contributed by atoms with Crippen LogP contribution in [0.1, 0.15) is 89.1 Å². The molecule has 0 bridgehead atoms. The maximum absolute atomic E-state index is 15.3. The fourth-order valence-corrected chi connectivity index (χ4v) is 9.64. The monoisotopic (exact) mass is 873 g/mol. The molecule has 0 spiro atoms. The predicted molar refractivity (Wildman–Crippen MR) is 226 cm³/mol. The van der Waals surface area contributed by atoms with E-state index in [1.165, 1.54) is 10.6 Å². The number of aryl methyl sites for hydroxylation is 1. The van der Waals surface area contributed by atoms with Crippen LogP contribution in [-0.4, -0.2) is 75.6 Å². The van der Waals surface area contributed by atoms with Crippen LogP contribution < -0.4 is 21.5 Å². The number of aliphatic hydroxyl groups is 1. The number of nitrogens with zero attached hydrogens (tertiary/aromatic N) is 2. The second-order valence-corrected chi connectivity index (χ2v) is 16.5. The smallest absolute Gasteiger partial charge is 0.407 e. The third-order valence-corrected chi connectivity index (χ3v) is 12.9. The highest BCUT2D eigenvalue weighted by atomic mass is 19.1. The summed E-state index contributed by atoms with van der Waals surface area (Å²) in [6.07, 6.45) is -0.832. The molecule has 0 radical (unpaired) electrons. The number of halogens is 1. The summed E-state index contributed by atoms with van der Waals surface area (Å²) < 4.78 is 33.1. The van der Waals surface area contributed by atoms with Gasteiger partial charge in [0.1, 0.15) is 38.4 Å². The first kappa shape index (κ1) is 42.3.